The maximum atomic E-state index is 11.7. The van der Waals surface area contributed by atoms with Crippen LogP contribution in [0.25, 0.3) is 0 Å². The molecule has 0 saturated heterocycles. The number of carbonyl (C=O) groups is 2. The molecular formula is C17H22N2O5. The van der Waals surface area contributed by atoms with Gasteiger partial charge in [-0.1, -0.05) is 6.92 Å². The van der Waals surface area contributed by atoms with E-state index in [0.29, 0.717) is 42.9 Å². The summed E-state index contributed by atoms with van der Waals surface area (Å²) in [6.45, 7) is 3.41. The molecule has 1 fully saturated rings. The third-order valence-corrected chi connectivity index (χ3v) is 4.13. The Hall–Kier alpha value is -2.44. The molecular weight excluding hydrogens is 312 g/mol. The second-order valence-electron chi connectivity index (χ2n) is 6.07. The van der Waals surface area contributed by atoms with E-state index in [4.69, 9.17) is 14.2 Å². The molecule has 1 aliphatic heterocycles. The van der Waals surface area contributed by atoms with E-state index >= 15 is 0 Å². The van der Waals surface area contributed by atoms with Crippen LogP contribution in [0, 0.1) is 11.8 Å². The molecule has 3 rings (SSSR count). The highest BCUT2D eigenvalue weighted by atomic mass is 16.7. The van der Waals surface area contributed by atoms with Gasteiger partial charge in [-0.05, 0) is 24.5 Å². The molecule has 130 valence electrons. The summed E-state index contributed by atoms with van der Waals surface area (Å²) in [6, 6.07) is 5.35. The first-order chi connectivity index (χ1) is 11.6. The zero-order chi connectivity index (χ0) is 16.9. The van der Waals surface area contributed by atoms with Gasteiger partial charge in [-0.3, -0.25) is 9.59 Å². The smallest absolute Gasteiger partial charge is 0.231 e. The van der Waals surface area contributed by atoms with E-state index in [2.05, 4.69) is 17.6 Å². The second kappa shape index (κ2) is 7.42. The fraction of sp³-hybridized carbons (Fsp3) is 0.529. The molecule has 2 atom stereocenters. The molecule has 7 nitrogen and oxygen atoms in total. The first-order valence-electron chi connectivity index (χ1n) is 8.20. The normalized spacial score (nSPS) is 20.4. The van der Waals surface area contributed by atoms with E-state index in [9.17, 15) is 9.59 Å². The van der Waals surface area contributed by atoms with Crippen molar-refractivity contribution < 1.29 is 23.8 Å². The van der Waals surface area contributed by atoms with Crippen LogP contribution in [0.3, 0.4) is 0 Å². The van der Waals surface area contributed by atoms with Crippen LogP contribution in [-0.4, -0.2) is 38.3 Å². The van der Waals surface area contributed by atoms with Crippen LogP contribution in [0.4, 0.5) is 0 Å². The number of hydrogen-bond donors (Lipinski definition) is 2. The number of ether oxygens (including phenoxy) is 3. The summed E-state index contributed by atoms with van der Waals surface area (Å²) < 4.78 is 16.0. The van der Waals surface area contributed by atoms with Crippen LogP contribution in [-0.2, 0) is 9.59 Å². The van der Waals surface area contributed by atoms with E-state index in [1.54, 1.807) is 18.2 Å². The highest BCUT2D eigenvalue weighted by Gasteiger charge is 2.38. The van der Waals surface area contributed by atoms with Crippen LogP contribution < -0.4 is 24.8 Å². The molecule has 1 aliphatic carbocycles. The Balaban J connectivity index is 1.26. The summed E-state index contributed by atoms with van der Waals surface area (Å²) in [5, 5.41) is 5.55. The van der Waals surface area contributed by atoms with Crippen molar-refractivity contribution in [2.75, 3.05) is 26.5 Å². The van der Waals surface area contributed by atoms with Crippen molar-refractivity contribution in [3.63, 3.8) is 0 Å². The summed E-state index contributed by atoms with van der Waals surface area (Å²) in [6.07, 6.45) is 1.23. The number of nitrogens with one attached hydrogen (secondary N) is 2. The third-order valence-electron chi connectivity index (χ3n) is 4.13. The first-order valence-corrected chi connectivity index (χ1v) is 8.20. The van der Waals surface area contributed by atoms with Crippen LogP contribution in [0.1, 0.15) is 19.8 Å². The minimum absolute atomic E-state index is 0.0569. The van der Waals surface area contributed by atoms with Crippen molar-refractivity contribution in [1.82, 2.24) is 10.6 Å². The highest BCUT2D eigenvalue weighted by Crippen LogP contribution is 2.37. The lowest BCUT2D eigenvalue weighted by Gasteiger charge is -2.09. The van der Waals surface area contributed by atoms with E-state index in [1.165, 1.54) is 0 Å². The maximum Gasteiger partial charge on any atom is 0.231 e. The molecule has 0 spiro atoms. The van der Waals surface area contributed by atoms with Gasteiger partial charge in [0.1, 0.15) is 12.4 Å². The highest BCUT2D eigenvalue weighted by molar-refractivity contribution is 5.82. The Bertz CT molecular complexity index is 619. The lowest BCUT2D eigenvalue weighted by Crippen LogP contribution is -2.33. The number of rotatable bonds is 8. The topological polar surface area (TPSA) is 85.9 Å². The number of hydrogen-bond acceptors (Lipinski definition) is 5. The SMILES string of the molecule is C[C@H]1C[C@@H]1C(=O)NCCC(=O)NCCOc1ccc2c(c1)OCO2. The Morgan fingerprint density at radius 1 is 1.21 bits per heavy atom. The third kappa shape index (κ3) is 4.31. The summed E-state index contributed by atoms with van der Waals surface area (Å²) >= 11 is 0. The second-order valence-corrected chi connectivity index (χ2v) is 6.07. The van der Waals surface area contributed by atoms with Crippen molar-refractivity contribution in [2.45, 2.75) is 19.8 Å². The Morgan fingerprint density at radius 2 is 2.00 bits per heavy atom. The first kappa shape index (κ1) is 16.4. The predicted molar refractivity (Wildman–Crippen MR) is 86.0 cm³/mol. The number of carbonyl (C=O) groups excluding carboxylic acids is 2. The summed E-state index contributed by atoms with van der Waals surface area (Å²) in [7, 11) is 0. The van der Waals surface area contributed by atoms with Crippen LogP contribution in [0.2, 0.25) is 0 Å². The van der Waals surface area contributed by atoms with Crippen molar-refractivity contribution in [3.05, 3.63) is 18.2 Å². The van der Waals surface area contributed by atoms with Gasteiger partial charge in [-0.2, -0.15) is 0 Å². The van der Waals surface area contributed by atoms with Crippen LogP contribution in [0.5, 0.6) is 17.2 Å². The average molecular weight is 334 g/mol. The zero-order valence-corrected chi connectivity index (χ0v) is 13.7. The van der Waals surface area contributed by atoms with Gasteiger partial charge >= 0.3 is 0 Å². The van der Waals surface area contributed by atoms with Crippen molar-refractivity contribution in [3.8, 4) is 17.2 Å². The van der Waals surface area contributed by atoms with Crippen LogP contribution in [0.15, 0.2) is 18.2 Å². The fourth-order valence-corrected chi connectivity index (χ4v) is 2.53. The standard InChI is InChI=1S/C17H22N2O5/c1-11-8-13(11)17(21)19-5-4-16(20)18-6-7-22-12-2-3-14-15(9-12)24-10-23-14/h2-3,9,11,13H,4-8,10H2,1H3,(H,18,20)(H,19,21)/t11-,13-/m0/s1. The van der Waals surface area contributed by atoms with Gasteiger partial charge in [0.15, 0.2) is 11.5 Å². The summed E-state index contributed by atoms with van der Waals surface area (Å²) in [5.74, 6) is 2.61. The molecule has 0 unspecified atom stereocenters. The minimum atomic E-state index is -0.103. The summed E-state index contributed by atoms with van der Waals surface area (Å²) in [4.78, 5) is 23.3. The summed E-state index contributed by atoms with van der Waals surface area (Å²) in [5.41, 5.74) is 0. The van der Waals surface area contributed by atoms with Crippen LogP contribution >= 0.6 is 0 Å². The lowest BCUT2D eigenvalue weighted by atomic mass is 10.3. The van der Waals surface area contributed by atoms with Gasteiger partial charge in [0.25, 0.3) is 0 Å². The van der Waals surface area contributed by atoms with Crippen molar-refractivity contribution >= 4 is 11.8 Å². The van der Waals surface area contributed by atoms with Gasteiger partial charge in [0, 0.05) is 24.9 Å². The fourth-order valence-electron chi connectivity index (χ4n) is 2.53. The van der Waals surface area contributed by atoms with E-state index in [1.807, 2.05) is 0 Å². The average Bonchev–Trinajstić information content (AvgIpc) is 3.12. The van der Waals surface area contributed by atoms with E-state index < -0.39 is 0 Å². The molecule has 2 amide bonds. The molecule has 0 radical (unpaired) electrons. The van der Waals surface area contributed by atoms with Crippen molar-refractivity contribution in [2.24, 2.45) is 11.8 Å². The quantitative estimate of drug-likeness (QED) is 0.695. The molecule has 7 heteroatoms. The minimum Gasteiger partial charge on any atom is -0.492 e. The monoisotopic (exact) mass is 334 g/mol. The molecule has 1 heterocycles. The molecule has 24 heavy (non-hydrogen) atoms. The lowest BCUT2D eigenvalue weighted by molar-refractivity contribution is -0.123. The number of amides is 2. The molecule has 1 saturated carbocycles. The molecule has 2 aliphatic rings. The molecule has 0 aromatic heterocycles. The Labute approximate surface area is 140 Å². The molecule has 0 bridgehead atoms. The van der Waals surface area contributed by atoms with E-state index in [-0.39, 0.29) is 30.9 Å². The maximum absolute atomic E-state index is 11.7. The number of fused-ring (bicyclic) bond motifs is 1. The molecule has 1 aromatic rings. The number of benzene rings is 1. The van der Waals surface area contributed by atoms with Crippen molar-refractivity contribution in [1.29, 1.82) is 0 Å². The molecule has 2 N–H and O–H groups in total. The predicted octanol–water partition coefficient (Wildman–Crippen LogP) is 1.07. The molecule has 1 aromatic carbocycles. The Morgan fingerprint density at radius 3 is 2.79 bits per heavy atom. The van der Waals surface area contributed by atoms with E-state index in [0.717, 1.165) is 6.42 Å². The Kier molecular flexibility index (Phi) is 5.08. The van der Waals surface area contributed by atoms with Gasteiger partial charge in [-0.15, -0.1) is 0 Å². The van der Waals surface area contributed by atoms with Gasteiger partial charge in [0.2, 0.25) is 18.6 Å². The zero-order valence-electron chi connectivity index (χ0n) is 13.7. The van der Waals surface area contributed by atoms with Gasteiger partial charge in [0.05, 0.1) is 6.54 Å². The largest absolute Gasteiger partial charge is 0.492 e. The van der Waals surface area contributed by atoms with Gasteiger partial charge < -0.3 is 24.8 Å². The van der Waals surface area contributed by atoms with Gasteiger partial charge in [-0.25, -0.2) is 0 Å².